The van der Waals surface area contributed by atoms with E-state index in [2.05, 4.69) is 29.4 Å². The average Bonchev–Trinajstić information content (AvgIpc) is 2.59. The zero-order valence-electron chi connectivity index (χ0n) is 13.8. The van der Waals surface area contributed by atoms with Crippen molar-refractivity contribution in [2.75, 3.05) is 32.1 Å². The Morgan fingerprint density at radius 2 is 1.91 bits per heavy atom. The molecule has 0 unspecified atom stereocenters. The molecule has 2 aromatic carbocycles. The largest absolute Gasteiger partial charge is 0.380 e. The Bertz CT molecular complexity index is 614. The summed E-state index contributed by atoms with van der Waals surface area (Å²) in [6.07, 6.45) is 0.898. The smallest absolute Gasteiger partial charge is 0.251 e. The molecule has 4 nitrogen and oxygen atoms in total. The molecule has 4 heteroatoms. The normalized spacial score (nSPS) is 10.3. The first-order chi connectivity index (χ1) is 11.2. The maximum Gasteiger partial charge on any atom is 0.251 e. The maximum atomic E-state index is 12.2. The Kier molecular flexibility index (Phi) is 6.63. The highest BCUT2D eigenvalue weighted by Gasteiger charge is 2.06. The summed E-state index contributed by atoms with van der Waals surface area (Å²) in [6, 6.07) is 17.8. The van der Waals surface area contributed by atoms with E-state index in [1.165, 1.54) is 5.69 Å². The summed E-state index contributed by atoms with van der Waals surface area (Å²) < 4.78 is 5.09. The highest BCUT2D eigenvalue weighted by molar-refractivity contribution is 5.94. The zero-order valence-corrected chi connectivity index (χ0v) is 13.8. The second-order valence-electron chi connectivity index (χ2n) is 5.50. The van der Waals surface area contributed by atoms with Crippen LogP contribution in [0.1, 0.15) is 22.3 Å². The van der Waals surface area contributed by atoms with Gasteiger partial charge in [-0.15, -0.1) is 0 Å². The van der Waals surface area contributed by atoms with Crippen molar-refractivity contribution in [3.63, 3.8) is 0 Å². The summed E-state index contributed by atoms with van der Waals surface area (Å²) in [4.78, 5) is 14.3. The Hall–Kier alpha value is -2.33. The third-order valence-corrected chi connectivity index (χ3v) is 3.65. The molecule has 0 aliphatic rings. The molecule has 0 heterocycles. The van der Waals surface area contributed by atoms with Crippen LogP contribution >= 0.6 is 0 Å². The Morgan fingerprint density at radius 3 is 2.65 bits per heavy atom. The minimum atomic E-state index is -0.0367. The lowest BCUT2D eigenvalue weighted by molar-refractivity contribution is 0.0953. The van der Waals surface area contributed by atoms with Crippen LogP contribution in [0.3, 0.4) is 0 Å². The number of hydrogen-bond donors (Lipinski definition) is 1. The number of benzene rings is 2. The molecule has 1 N–H and O–H groups in total. The van der Waals surface area contributed by atoms with Crippen LogP contribution in [0.15, 0.2) is 54.6 Å². The number of para-hydroxylation sites is 1. The van der Waals surface area contributed by atoms with Gasteiger partial charge in [0.05, 0.1) is 6.61 Å². The molecule has 122 valence electrons. The summed E-state index contributed by atoms with van der Waals surface area (Å²) in [5.74, 6) is -0.0367. The fourth-order valence-electron chi connectivity index (χ4n) is 2.40. The number of anilines is 1. The lowest BCUT2D eigenvalue weighted by Crippen LogP contribution is -2.28. The molecule has 0 bridgehead atoms. The number of hydrogen-bond acceptors (Lipinski definition) is 3. The van der Waals surface area contributed by atoms with E-state index in [-0.39, 0.29) is 5.91 Å². The summed E-state index contributed by atoms with van der Waals surface area (Å²) >= 11 is 0. The summed E-state index contributed by atoms with van der Waals surface area (Å²) in [5.41, 5.74) is 2.87. The maximum absolute atomic E-state index is 12.2. The fourth-order valence-corrected chi connectivity index (χ4v) is 2.40. The third kappa shape index (κ3) is 5.42. The van der Waals surface area contributed by atoms with Crippen molar-refractivity contribution in [2.24, 2.45) is 0 Å². The minimum absolute atomic E-state index is 0.0367. The van der Waals surface area contributed by atoms with Gasteiger partial charge in [0.1, 0.15) is 0 Å². The van der Waals surface area contributed by atoms with Crippen LogP contribution in [0.25, 0.3) is 0 Å². The standard InChI is InChI=1S/C19H24N2O2/c1-21(18-10-4-3-5-11-18)13-7-12-20-19(22)17-9-6-8-16(14-17)15-23-2/h3-6,8-11,14H,7,12-13,15H2,1-2H3,(H,20,22). The van der Waals surface area contributed by atoms with E-state index in [0.29, 0.717) is 18.7 Å². The van der Waals surface area contributed by atoms with Gasteiger partial charge in [0, 0.05) is 38.5 Å². The number of carbonyl (C=O) groups excluding carboxylic acids is 1. The molecule has 0 radical (unpaired) electrons. The van der Waals surface area contributed by atoms with Crippen molar-refractivity contribution >= 4 is 11.6 Å². The van der Waals surface area contributed by atoms with Crippen LogP contribution in [0.4, 0.5) is 5.69 Å². The number of amides is 1. The second-order valence-corrected chi connectivity index (χ2v) is 5.50. The predicted molar refractivity (Wildman–Crippen MR) is 93.8 cm³/mol. The summed E-state index contributed by atoms with van der Waals surface area (Å²) in [6.45, 7) is 2.07. The van der Waals surface area contributed by atoms with Crippen molar-refractivity contribution in [3.8, 4) is 0 Å². The first-order valence-corrected chi connectivity index (χ1v) is 7.83. The van der Waals surface area contributed by atoms with E-state index in [1.54, 1.807) is 7.11 Å². The van der Waals surface area contributed by atoms with Crippen molar-refractivity contribution < 1.29 is 9.53 Å². The predicted octanol–water partition coefficient (Wildman–Crippen LogP) is 3.09. The van der Waals surface area contributed by atoms with Gasteiger partial charge in [-0.3, -0.25) is 4.79 Å². The van der Waals surface area contributed by atoms with Crippen LogP contribution in [0.2, 0.25) is 0 Å². The minimum Gasteiger partial charge on any atom is -0.380 e. The number of methoxy groups -OCH3 is 1. The molecule has 0 spiro atoms. The summed E-state index contributed by atoms with van der Waals surface area (Å²) in [7, 11) is 3.71. The zero-order chi connectivity index (χ0) is 16.5. The summed E-state index contributed by atoms with van der Waals surface area (Å²) in [5, 5.41) is 2.97. The van der Waals surface area contributed by atoms with Crippen molar-refractivity contribution in [3.05, 3.63) is 65.7 Å². The van der Waals surface area contributed by atoms with Gasteiger partial charge in [-0.1, -0.05) is 30.3 Å². The average molecular weight is 312 g/mol. The number of rotatable bonds is 8. The fraction of sp³-hybridized carbons (Fsp3) is 0.316. The molecule has 23 heavy (non-hydrogen) atoms. The molecule has 2 aromatic rings. The van der Waals surface area contributed by atoms with Crippen LogP contribution in [-0.4, -0.2) is 33.2 Å². The molecule has 0 aliphatic carbocycles. The van der Waals surface area contributed by atoms with Gasteiger partial charge in [0.2, 0.25) is 0 Å². The van der Waals surface area contributed by atoms with Crippen molar-refractivity contribution in [1.29, 1.82) is 0 Å². The highest BCUT2D eigenvalue weighted by atomic mass is 16.5. The van der Waals surface area contributed by atoms with Crippen molar-refractivity contribution in [1.82, 2.24) is 5.32 Å². The van der Waals surface area contributed by atoms with Gasteiger partial charge in [0.15, 0.2) is 0 Å². The van der Waals surface area contributed by atoms with Gasteiger partial charge in [-0.05, 0) is 36.2 Å². The van der Waals surface area contributed by atoms with Gasteiger partial charge in [0.25, 0.3) is 5.91 Å². The number of carbonyl (C=O) groups is 1. The molecule has 0 atom stereocenters. The lowest BCUT2D eigenvalue weighted by atomic mass is 10.1. The number of nitrogens with one attached hydrogen (secondary N) is 1. The quantitative estimate of drug-likeness (QED) is 0.762. The van der Waals surface area contributed by atoms with E-state index in [9.17, 15) is 4.79 Å². The molecular formula is C19H24N2O2. The lowest BCUT2D eigenvalue weighted by Gasteiger charge is -2.19. The van der Waals surface area contributed by atoms with Gasteiger partial charge < -0.3 is 15.0 Å². The Morgan fingerprint density at radius 1 is 1.13 bits per heavy atom. The van der Waals surface area contributed by atoms with Gasteiger partial charge in [-0.25, -0.2) is 0 Å². The molecule has 0 saturated heterocycles. The SMILES string of the molecule is COCc1cccc(C(=O)NCCCN(C)c2ccccc2)c1. The molecular weight excluding hydrogens is 288 g/mol. The first kappa shape index (κ1) is 17.0. The first-order valence-electron chi connectivity index (χ1n) is 7.83. The van der Waals surface area contributed by atoms with Gasteiger partial charge >= 0.3 is 0 Å². The molecule has 2 rings (SSSR count). The second kappa shape index (κ2) is 8.96. The molecule has 0 aromatic heterocycles. The van der Waals surface area contributed by atoms with Crippen LogP contribution in [-0.2, 0) is 11.3 Å². The number of nitrogens with zero attached hydrogens (tertiary/aromatic N) is 1. The molecule has 0 saturated carbocycles. The van der Waals surface area contributed by atoms with E-state index < -0.39 is 0 Å². The van der Waals surface area contributed by atoms with Crippen molar-refractivity contribution in [2.45, 2.75) is 13.0 Å². The molecule has 0 fully saturated rings. The highest BCUT2D eigenvalue weighted by Crippen LogP contribution is 2.11. The number of ether oxygens (including phenoxy) is 1. The monoisotopic (exact) mass is 312 g/mol. The van der Waals surface area contributed by atoms with Gasteiger partial charge in [-0.2, -0.15) is 0 Å². The van der Waals surface area contributed by atoms with Crippen LogP contribution < -0.4 is 10.2 Å². The van der Waals surface area contributed by atoms with E-state index >= 15 is 0 Å². The third-order valence-electron chi connectivity index (χ3n) is 3.65. The topological polar surface area (TPSA) is 41.6 Å². The van der Waals surface area contributed by atoms with E-state index in [1.807, 2.05) is 42.5 Å². The van der Waals surface area contributed by atoms with E-state index in [0.717, 1.165) is 18.5 Å². The Labute approximate surface area is 138 Å². The van der Waals surface area contributed by atoms with Crippen LogP contribution in [0, 0.1) is 0 Å². The molecule has 1 amide bonds. The van der Waals surface area contributed by atoms with E-state index in [4.69, 9.17) is 4.74 Å². The van der Waals surface area contributed by atoms with Crippen LogP contribution in [0.5, 0.6) is 0 Å². The Balaban J connectivity index is 1.75. The molecule has 0 aliphatic heterocycles.